The van der Waals surface area contributed by atoms with Crippen molar-refractivity contribution in [3.8, 4) is 0 Å². The summed E-state index contributed by atoms with van der Waals surface area (Å²) in [4.78, 5) is 2.30. The Labute approximate surface area is 107 Å². The van der Waals surface area contributed by atoms with Crippen LogP contribution in [0.15, 0.2) is 23.7 Å². The Morgan fingerprint density at radius 2 is 2.17 bits per heavy atom. The standard InChI is InChI=1S/C13H20N2O3/c14-10-8-15(9-10)4-5-16-11-2-1-3-12-13(11)18-7-6-17-12/h1,3,10-11H,2,4-9,14H2. The van der Waals surface area contributed by atoms with E-state index in [1.165, 1.54) is 0 Å². The van der Waals surface area contributed by atoms with Gasteiger partial charge in [-0.15, -0.1) is 0 Å². The summed E-state index contributed by atoms with van der Waals surface area (Å²) in [5, 5.41) is 0. The molecule has 0 radical (unpaired) electrons. The quantitative estimate of drug-likeness (QED) is 0.776. The minimum atomic E-state index is 0.0141. The van der Waals surface area contributed by atoms with Crippen LogP contribution in [0.5, 0.6) is 0 Å². The minimum Gasteiger partial charge on any atom is -0.488 e. The van der Waals surface area contributed by atoms with E-state index in [1.54, 1.807) is 0 Å². The first-order valence-electron chi connectivity index (χ1n) is 6.59. The first kappa shape index (κ1) is 12.0. The van der Waals surface area contributed by atoms with Gasteiger partial charge in [-0.1, -0.05) is 6.08 Å². The summed E-state index contributed by atoms with van der Waals surface area (Å²) in [6.45, 7) is 4.88. The average molecular weight is 252 g/mol. The van der Waals surface area contributed by atoms with Crippen LogP contribution < -0.4 is 5.73 Å². The molecule has 1 atom stereocenters. The Morgan fingerprint density at radius 3 is 3.00 bits per heavy atom. The molecular weight excluding hydrogens is 232 g/mol. The number of allylic oxidation sites excluding steroid dienone is 1. The van der Waals surface area contributed by atoms with Crippen LogP contribution in [0.1, 0.15) is 6.42 Å². The molecule has 0 aromatic heterocycles. The maximum absolute atomic E-state index is 5.90. The van der Waals surface area contributed by atoms with Crippen molar-refractivity contribution < 1.29 is 14.2 Å². The van der Waals surface area contributed by atoms with E-state index in [0.717, 1.165) is 37.6 Å². The summed E-state index contributed by atoms with van der Waals surface area (Å²) in [6.07, 6.45) is 4.93. The largest absolute Gasteiger partial charge is 0.488 e. The van der Waals surface area contributed by atoms with Gasteiger partial charge in [0.1, 0.15) is 19.3 Å². The van der Waals surface area contributed by atoms with E-state index < -0.39 is 0 Å². The van der Waals surface area contributed by atoms with E-state index >= 15 is 0 Å². The van der Waals surface area contributed by atoms with E-state index in [2.05, 4.69) is 11.0 Å². The van der Waals surface area contributed by atoms with Crippen molar-refractivity contribution in [2.24, 2.45) is 5.73 Å². The third kappa shape index (κ3) is 2.53. The van der Waals surface area contributed by atoms with E-state index in [9.17, 15) is 0 Å². The summed E-state index contributed by atoms with van der Waals surface area (Å²) in [5.74, 6) is 1.70. The van der Waals surface area contributed by atoms with Gasteiger partial charge in [-0.05, 0) is 12.5 Å². The summed E-state index contributed by atoms with van der Waals surface area (Å²) >= 11 is 0. The molecule has 0 bridgehead atoms. The number of hydrogen-bond donors (Lipinski definition) is 1. The van der Waals surface area contributed by atoms with Gasteiger partial charge < -0.3 is 19.9 Å². The maximum Gasteiger partial charge on any atom is 0.167 e. The Kier molecular flexibility index (Phi) is 3.54. The lowest BCUT2D eigenvalue weighted by Gasteiger charge is -2.37. The van der Waals surface area contributed by atoms with Crippen molar-refractivity contribution >= 4 is 0 Å². The number of likely N-dealkylation sites (tertiary alicyclic amines) is 1. The first-order valence-corrected chi connectivity index (χ1v) is 6.59. The summed E-state index contributed by atoms with van der Waals surface area (Å²) in [7, 11) is 0. The molecule has 1 saturated heterocycles. The van der Waals surface area contributed by atoms with Crippen LogP contribution in [-0.2, 0) is 14.2 Å². The molecule has 5 heteroatoms. The van der Waals surface area contributed by atoms with Gasteiger partial charge in [0.25, 0.3) is 0 Å². The zero-order valence-electron chi connectivity index (χ0n) is 10.5. The van der Waals surface area contributed by atoms with Crippen LogP contribution in [0.2, 0.25) is 0 Å². The van der Waals surface area contributed by atoms with Gasteiger partial charge in [-0.2, -0.15) is 0 Å². The summed E-state index contributed by atoms with van der Waals surface area (Å²) < 4.78 is 17.1. The van der Waals surface area contributed by atoms with Crippen molar-refractivity contribution in [1.29, 1.82) is 0 Å². The number of nitrogens with two attached hydrogens (primary N) is 1. The van der Waals surface area contributed by atoms with Gasteiger partial charge >= 0.3 is 0 Å². The zero-order chi connectivity index (χ0) is 12.4. The van der Waals surface area contributed by atoms with Gasteiger partial charge in [0.2, 0.25) is 0 Å². The predicted molar refractivity (Wildman–Crippen MR) is 66.8 cm³/mol. The van der Waals surface area contributed by atoms with Crippen molar-refractivity contribution in [2.45, 2.75) is 18.6 Å². The van der Waals surface area contributed by atoms with Crippen molar-refractivity contribution in [3.63, 3.8) is 0 Å². The molecule has 100 valence electrons. The fourth-order valence-corrected chi connectivity index (χ4v) is 2.49. The molecule has 1 aliphatic carbocycles. The lowest BCUT2D eigenvalue weighted by Crippen LogP contribution is -2.56. The third-order valence-corrected chi connectivity index (χ3v) is 3.47. The van der Waals surface area contributed by atoms with E-state index in [4.69, 9.17) is 19.9 Å². The highest BCUT2D eigenvalue weighted by Crippen LogP contribution is 2.26. The normalized spacial score (nSPS) is 28.4. The summed E-state index contributed by atoms with van der Waals surface area (Å²) in [6, 6.07) is 0.354. The molecular formula is C13H20N2O3. The Balaban J connectivity index is 1.47. The predicted octanol–water partition coefficient (Wildman–Crippen LogP) is 0.233. The molecule has 3 aliphatic rings. The molecule has 3 rings (SSSR count). The minimum absolute atomic E-state index is 0.0141. The molecule has 0 saturated carbocycles. The molecule has 2 aliphatic heterocycles. The smallest absolute Gasteiger partial charge is 0.167 e. The number of nitrogens with zero attached hydrogens (tertiary/aromatic N) is 1. The average Bonchev–Trinajstić information content (AvgIpc) is 2.37. The van der Waals surface area contributed by atoms with E-state index in [0.29, 0.717) is 25.9 Å². The zero-order valence-corrected chi connectivity index (χ0v) is 10.5. The van der Waals surface area contributed by atoms with Gasteiger partial charge in [0.15, 0.2) is 11.5 Å². The maximum atomic E-state index is 5.90. The third-order valence-electron chi connectivity index (χ3n) is 3.47. The van der Waals surface area contributed by atoms with Crippen LogP contribution in [0.25, 0.3) is 0 Å². The molecule has 0 aromatic rings. The number of ether oxygens (including phenoxy) is 3. The van der Waals surface area contributed by atoms with Crippen LogP contribution >= 0.6 is 0 Å². The van der Waals surface area contributed by atoms with Gasteiger partial charge in [0, 0.05) is 25.7 Å². The Hall–Kier alpha value is -1.04. The van der Waals surface area contributed by atoms with Crippen LogP contribution in [-0.4, -0.2) is 56.5 Å². The van der Waals surface area contributed by atoms with E-state index in [1.807, 2.05) is 6.08 Å². The van der Waals surface area contributed by atoms with Crippen molar-refractivity contribution in [2.75, 3.05) is 39.5 Å². The lowest BCUT2D eigenvalue weighted by atomic mass is 10.1. The lowest BCUT2D eigenvalue weighted by molar-refractivity contribution is -0.0211. The molecule has 18 heavy (non-hydrogen) atoms. The number of rotatable bonds is 4. The molecule has 0 spiro atoms. The molecule has 5 nitrogen and oxygen atoms in total. The first-order chi connectivity index (χ1) is 8.83. The van der Waals surface area contributed by atoms with E-state index in [-0.39, 0.29) is 6.10 Å². The second kappa shape index (κ2) is 5.30. The number of hydrogen-bond acceptors (Lipinski definition) is 5. The van der Waals surface area contributed by atoms with Gasteiger partial charge in [-0.25, -0.2) is 0 Å². The summed E-state index contributed by atoms with van der Waals surface area (Å²) in [5.41, 5.74) is 5.74. The highest BCUT2D eigenvalue weighted by Gasteiger charge is 2.27. The van der Waals surface area contributed by atoms with Crippen molar-refractivity contribution in [1.82, 2.24) is 4.90 Å². The van der Waals surface area contributed by atoms with Crippen LogP contribution in [0, 0.1) is 0 Å². The van der Waals surface area contributed by atoms with Crippen LogP contribution in [0.4, 0.5) is 0 Å². The SMILES string of the molecule is NC1CN(CCOC2CC=CC3=C2OCCO3)C1. The highest BCUT2D eigenvalue weighted by molar-refractivity contribution is 5.25. The van der Waals surface area contributed by atoms with Crippen LogP contribution in [0.3, 0.4) is 0 Å². The Bertz CT molecular complexity index is 361. The second-order valence-electron chi connectivity index (χ2n) is 4.94. The molecule has 1 fully saturated rings. The topological polar surface area (TPSA) is 57.0 Å². The second-order valence-corrected chi connectivity index (χ2v) is 4.94. The molecule has 2 N–H and O–H groups in total. The molecule has 2 heterocycles. The van der Waals surface area contributed by atoms with Gasteiger partial charge in [-0.3, -0.25) is 4.90 Å². The Morgan fingerprint density at radius 1 is 1.33 bits per heavy atom. The molecule has 1 unspecified atom stereocenters. The highest BCUT2D eigenvalue weighted by atomic mass is 16.6. The molecule has 0 aromatic carbocycles. The fourth-order valence-electron chi connectivity index (χ4n) is 2.49. The molecule has 0 amide bonds. The van der Waals surface area contributed by atoms with Gasteiger partial charge in [0.05, 0.1) is 6.61 Å². The monoisotopic (exact) mass is 252 g/mol. The fraction of sp³-hybridized carbons (Fsp3) is 0.692. The van der Waals surface area contributed by atoms with Crippen molar-refractivity contribution in [3.05, 3.63) is 23.7 Å².